The Hall–Kier alpha value is -0.650. The number of nitrogens with one attached hydrogen (secondary N) is 2. The summed E-state index contributed by atoms with van der Waals surface area (Å²) < 4.78 is 5.63. The summed E-state index contributed by atoms with van der Waals surface area (Å²) in [6.07, 6.45) is 3.95. The predicted octanol–water partition coefficient (Wildman–Crippen LogP) is 0.422. The highest BCUT2D eigenvalue weighted by atomic mass is 16.5. The van der Waals surface area contributed by atoms with Crippen molar-refractivity contribution in [1.82, 2.24) is 10.6 Å². The van der Waals surface area contributed by atoms with Crippen molar-refractivity contribution < 1.29 is 14.6 Å². The molecule has 2 rings (SSSR count). The molecule has 1 aliphatic heterocycles. The molecule has 1 saturated heterocycles. The zero-order chi connectivity index (χ0) is 13.9. The molecule has 0 aromatic carbocycles. The van der Waals surface area contributed by atoms with E-state index in [2.05, 4.69) is 17.6 Å². The van der Waals surface area contributed by atoms with Crippen LogP contribution in [-0.4, -0.2) is 48.5 Å². The van der Waals surface area contributed by atoms with Crippen LogP contribution in [0.3, 0.4) is 0 Å². The van der Waals surface area contributed by atoms with Gasteiger partial charge in [-0.15, -0.1) is 0 Å². The van der Waals surface area contributed by atoms with Gasteiger partial charge in [-0.1, -0.05) is 19.8 Å². The van der Waals surface area contributed by atoms with Crippen LogP contribution in [-0.2, 0) is 9.53 Å². The van der Waals surface area contributed by atoms with Gasteiger partial charge in [-0.25, -0.2) is 0 Å². The average molecular weight is 270 g/mol. The van der Waals surface area contributed by atoms with Crippen molar-refractivity contribution in [3.05, 3.63) is 0 Å². The highest BCUT2D eigenvalue weighted by Crippen LogP contribution is 2.31. The monoisotopic (exact) mass is 270 g/mol. The molecule has 2 unspecified atom stereocenters. The molecule has 110 valence electrons. The Bertz CT molecular complexity index is 331. The number of hydrogen-bond donors (Lipinski definition) is 3. The molecule has 0 spiro atoms. The first kappa shape index (κ1) is 14.8. The second-order valence-electron chi connectivity index (χ2n) is 6.53. The highest BCUT2D eigenvalue weighted by molar-refractivity contribution is 5.78. The predicted molar refractivity (Wildman–Crippen MR) is 72.8 cm³/mol. The van der Waals surface area contributed by atoms with Crippen LogP contribution < -0.4 is 10.6 Å². The van der Waals surface area contributed by atoms with E-state index in [1.807, 2.05) is 6.92 Å². The summed E-state index contributed by atoms with van der Waals surface area (Å²) in [5, 5.41) is 15.8. The number of rotatable bonds is 5. The largest absolute Gasteiger partial charge is 0.394 e. The van der Waals surface area contributed by atoms with Gasteiger partial charge in [0.05, 0.1) is 17.7 Å². The maximum absolute atomic E-state index is 12.0. The number of hydrogen-bond acceptors (Lipinski definition) is 4. The third kappa shape index (κ3) is 3.68. The Labute approximate surface area is 115 Å². The van der Waals surface area contributed by atoms with E-state index in [4.69, 9.17) is 4.74 Å². The fraction of sp³-hybridized carbons (Fsp3) is 0.929. The van der Waals surface area contributed by atoms with Gasteiger partial charge < -0.3 is 20.5 Å². The lowest BCUT2D eigenvalue weighted by atomic mass is 9.77. The number of aliphatic hydroxyl groups excluding tert-OH is 1. The first-order valence-corrected chi connectivity index (χ1v) is 7.24. The van der Waals surface area contributed by atoms with Crippen molar-refractivity contribution in [3.63, 3.8) is 0 Å². The maximum Gasteiger partial charge on any atom is 0.246 e. The van der Waals surface area contributed by atoms with E-state index in [0.29, 0.717) is 5.92 Å². The molecule has 2 atom stereocenters. The minimum atomic E-state index is -0.434. The topological polar surface area (TPSA) is 70.6 Å². The van der Waals surface area contributed by atoms with Gasteiger partial charge in [0.25, 0.3) is 0 Å². The summed E-state index contributed by atoms with van der Waals surface area (Å²) in [4.78, 5) is 12.0. The van der Waals surface area contributed by atoms with E-state index >= 15 is 0 Å². The van der Waals surface area contributed by atoms with Crippen molar-refractivity contribution in [2.24, 2.45) is 5.92 Å². The van der Waals surface area contributed by atoms with Gasteiger partial charge in [-0.2, -0.15) is 0 Å². The molecule has 19 heavy (non-hydrogen) atoms. The molecule has 5 nitrogen and oxygen atoms in total. The van der Waals surface area contributed by atoms with Crippen molar-refractivity contribution in [3.8, 4) is 0 Å². The maximum atomic E-state index is 12.0. The Kier molecular flexibility index (Phi) is 4.48. The summed E-state index contributed by atoms with van der Waals surface area (Å²) in [5.74, 6) is 0.437. The first-order chi connectivity index (χ1) is 8.97. The molecular formula is C14H26N2O3. The molecule has 2 fully saturated rings. The van der Waals surface area contributed by atoms with Crippen LogP contribution in [0.2, 0.25) is 0 Å². The molecule has 0 radical (unpaired) electrons. The van der Waals surface area contributed by atoms with Gasteiger partial charge in [-0.05, 0) is 25.7 Å². The van der Waals surface area contributed by atoms with E-state index in [1.165, 1.54) is 6.42 Å². The van der Waals surface area contributed by atoms with Crippen molar-refractivity contribution in [2.75, 3.05) is 26.3 Å². The number of carbonyl (C=O) groups is 1. The SMILES string of the molecule is CC1CCCC(CO)(NC(=O)COC2(C)CNC2)C1. The van der Waals surface area contributed by atoms with Gasteiger partial charge in [-0.3, -0.25) is 4.79 Å². The van der Waals surface area contributed by atoms with Gasteiger partial charge >= 0.3 is 0 Å². The third-order valence-corrected chi connectivity index (χ3v) is 4.35. The molecule has 1 amide bonds. The van der Waals surface area contributed by atoms with Crippen molar-refractivity contribution in [2.45, 2.75) is 50.7 Å². The second kappa shape index (κ2) is 5.77. The highest BCUT2D eigenvalue weighted by Gasteiger charge is 2.37. The summed E-state index contributed by atoms with van der Waals surface area (Å²) in [6, 6.07) is 0. The smallest absolute Gasteiger partial charge is 0.246 e. The summed E-state index contributed by atoms with van der Waals surface area (Å²) >= 11 is 0. The van der Waals surface area contributed by atoms with E-state index in [9.17, 15) is 9.90 Å². The molecule has 5 heteroatoms. The quantitative estimate of drug-likeness (QED) is 0.677. The van der Waals surface area contributed by atoms with Crippen LogP contribution in [0.15, 0.2) is 0 Å². The zero-order valence-corrected chi connectivity index (χ0v) is 12.0. The Morgan fingerprint density at radius 2 is 2.26 bits per heavy atom. The molecular weight excluding hydrogens is 244 g/mol. The lowest BCUT2D eigenvalue weighted by Crippen LogP contribution is -2.60. The summed E-state index contributed by atoms with van der Waals surface area (Å²) in [7, 11) is 0. The Balaban J connectivity index is 1.82. The van der Waals surface area contributed by atoms with Crippen LogP contribution in [0.4, 0.5) is 0 Å². The van der Waals surface area contributed by atoms with Gasteiger partial charge in [0, 0.05) is 13.1 Å². The molecule has 0 aromatic heterocycles. The Morgan fingerprint density at radius 1 is 1.53 bits per heavy atom. The fourth-order valence-corrected chi connectivity index (χ4v) is 3.11. The van der Waals surface area contributed by atoms with E-state index < -0.39 is 5.54 Å². The third-order valence-electron chi connectivity index (χ3n) is 4.35. The van der Waals surface area contributed by atoms with Crippen LogP contribution in [0.1, 0.15) is 39.5 Å². The van der Waals surface area contributed by atoms with E-state index in [1.54, 1.807) is 0 Å². The molecule has 0 aromatic rings. The van der Waals surface area contributed by atoms with Gasteiger partial charge in [0.1, 0.15) is 6.61 Å². The number of amides is 1. The summed E-state index contributed by atoms with van der Waals surface area (Å²) in [6.45, 7) is 5.86. The minimum absolute atomic E-state index is 0.0158. The molecule has 1 aliphatic carbocycles. The summed E-state index contributed by atoms with van der Waals surface area (Å²) in [5.41, 5.74) is -0.638. The molecule has 0 bridgehead atoms. The lowest BCUT2D eigenvalue weighted by molar-refractivity contribution is -0.139. The van der Waals surface area contributed by atoms with Crippen molar-refractivity contribution >= 4 is 5.91 Å². The number of ether oxygens (including phenoxy) is 1. The van der Waals surface area contributed by atoms with E-state index in [-0.39, 0.29) is 24.7 Å². The zero-order valence-electron chi connectivity index (χ0n) is 12.0. The molecule has 3 N–H and O–H groups in total. The molecule has 1 saturated carbocycles. The Morgan fingerprint density at radius 3 is 2.79 bits per heavy atom. The lowest BCUT2D eigenvalue weighted by Gasteiger charge is -2.41. The van der Waals surface area contributed by atoms with Crippen LogP contribution in [0, 0.1) is 5.92 Å². The molecule has 2 aliphatic rings. The van der Waals surface area contributed by atoms with Crippen molar-refractivity contribution in [1.29, 1.82) is 0 Å². The van der Waals surface area contributed by atoms with Crippen LogP contribution in [0.25, 0.3) is 0 Å². The van der Waals surface area contributed by atoms with Crippen LogP contribution >= 0.6 is 0 Å². The number of aliphatic hydroxyl groups is 1. The average Bonchev–Trinajstić information content (AvgIpc) is 2.34. The number of carbonyl (C=O) groups excluding carboxylic acids is 1. The van der Waals surface area contributed by atoms with Gasteiger partial charge in [0.15, 0.2) is 0 Å². The first-order valence-electron chi connectivity index (χ1n) is 7.24. The van der Waals surface area contributed by atoms with E-state index in [0.717, 1.165) is 32.4 Å². The molecule has 1 heterocycles. The van der Waals surface area contributed by atoms with Crippen LogP contribution in [0.5, 0.6) is 0 Å². The van der Waals surface area contributed by atoms with Gasteiger partial charge in [0.2, 0.25) is 5.91 Å². The second-order valence-corrected chi connectivity index (χ2v) is 6.53. The standard InChI is InChI=1S/C14H26N2O3/c1-11-4-3-5-14(6-11,10-17)16-12(18)7-19-13(2)8-15-9-13/h11,15,17H,3-10H2,1-2H3,(H,16,18). The fourth-order valence-electron chi connectivity index (χ4n) is 3.11. The minimum Gasteiger partial charge on any atom is -0.394 e. The normalized spacial score (nSPS) is 33.5.